The Morgan fingerprint density at radius 1 is 1.45 bits per heavy atom. The van der Waals surface area contributed by atoms with Gasteiger partial charge in [-0.3, -0.25) is 10.1 Å². The summed E-state index contributed by atoms with van der Waals surface area (Å²) >= 11 is 12.1. The van der Waals surface area contributed by atoms with Crippen molar-refractivity contribution >= 4 is 29.2 Å². The first kappa shape index (κ1) is 16.7. The zero-order chi connectivity index (χ0) is 16.1. The number of hydrogen-bond acceptors (Lipinski definition) is 4. The van der Waals surface area contributed by atoms with E-state index >= 15 is 0 Å². The second-order valence-corrected chi connectivity index (χ2v) is 5.57. The summed E-state index contributed by atoms with van der Waals surface area (Å²) < 4.78 is 1.51. The van der Waals surface area contributed by atoms with Gasteiger partial charge in [0.05, 0.1) is 27.6 Å². The number of benzene rings is 1. The summed E-state index contributed by atoms with van der Waals surface area (Å²) in [7, 11) is 0. The molecule has 0 aliphatic heterocycles. The van der Waals surface area contributed by atoms with E-state index < -0.39 is 12.0 Å². The first-order valence-electron chi connectivity index (χ1n) is 6.84. The number of rotatable bonds is 7. The van der Waals surface area contributed by atoms with Gasteiger partial charge in [-0.1, -0.05) is 47.8 Å². The molecule has 2 rings (SSSR count). The summed E-state index contributed by atoms with van der Waals surface area (Å²) in [5.74, 6) is -0.868. The normalized spacial score (nSPS) is 12.3. The zero-order valence-electron chi connectivity index (χ0n) is 12.0. The van der Waals surface area contributed by atoms with Crippen LogP contribution in [-0.2, 0) is 11.3 Å². The summed E-state index contributed by atoms with van der Waals surface area (Å²) in [4.78, 5) is 11.1. The fourth-order valence-corrected chi connectivity index (χ4v) is 2.38. The molecular formula is C14H16Cl2N4O2. The molecule has 1 unspecified atom stereocenters. The Labute approximate surface area is 138 Å². The maximum absolute atomic E-state index is 11.1. The lowest BCUT2D eigenvalue weighted by Crippen LogP contribution is -2.36. The predicted molar refractivity (Wildman–Crippen MR) is 84.6 cm³/mol. The molecule has 0 spiro atoms. The number of hydrogen-bond donors (Lipinski definition) is 2. The van der Waals surface area contributed by atoms with Crippen molar-refractivity contribution in [1.82, 2.24) is 20.3 Å². The van der Waals surface area contributed by atoms with Crippen molar-refractivity contribution in [3.8, 4) is 5.69 Å². The lowest BCUT2D eigenvalue weighted by molar-refractivity contribution is -0.139. The largest absolute Gasteiger partial charge is 0.480 e. The SMILES string of the molecule is CCCC(NCc1cn(-c2cccc(Cl)c2Cl)nn1)C(=O)O. The third kappa shape index (κ3) is 3.97. The highest BCUT2D eigenvalue weighted by Crippen LogP contribution is 2.27. The van der Waals surface area contributed by atoms with E-state index in [-0.39, 0.29) is 0 Å². The molecule has 0 bridgehead atoms. The van der Waals surface area contributed by atoms with Crippen molar-refractivity contribution in [2.75, 3.05) is 0 Å². The Morgan fingerprint density at radius 2 is 2.23 bits per heavy atom. The summed E-state index contributed by atoms with van der Waals surface area (Å²) in [6.45, 7) is 2.25. The molecule has 0 saturated heterocycles. The summed E-state index contributed by atoms with van der Waals surface area (Å²) in [6, 6.07) is 4.64. The minimum atomic E-state index is -0.868. The highest BCUT2D eigenvalue weighted by atomic mass is 35.5. The molecule has 22 heavy (non-hydrogen) atoms. The van der Waals surface area contributed by atoms with Gasteiger partial charge in [-0.2, -0.15) is 0 Å². The molecule has 8 heteroatoms. The maximum atomic E-state index is 11.1. The molecule has 118 valence electrons. The summed E-state index contributed by atoms with van der Waals surface area (Å²) in [5.41, 5.74) is 1.25. The van der Waals surface area contributed by atoms with Gasteiger partial charge < -0.3 is 5.11 Å². The van der Waals surface area contributed by atoms with Crippen LogP contribution in [0.2, 0.25) is 10.0 Å². The molecule has 6 nitrogen and oxygen atoms in total. The van der Waals surface area contributed by atoms with Crippen LogP contribution in [0.1, 0.15) is 25.5 Å². The molecule has 1 atom stereocenters. The predicted octanol–water partition coefficient (Wildman–Crippen LogP) is 2.92. The van der Waals surface area contributed by atoms with E-state index in [1.54, 1.807) is 24.4 Å². The quantitative estimate of drug-likeness (QED) is 0.808. The van der Waals surface area contributed by atoms with Gasteiger partial charge in [0.15, 0.2) is 0 Å². The number of aliphatic carboxylic acids is 1. The van der Waals surface area contributed by atoms with Crippen LogP contribution in [0.25, 0.3) is 5.69 Å². The van der Waals surface area contributed by atoms with E-state index in [0.717, 1.165) is 6.42 Å². The van der Waals surface area contributed by atoms with E-state index in [1.165, 1.54) is 4.68 Å². The van der Waals surface area contributed by atoms with Gasteiger partial charge in [0, 0.05) is 6.54 Å². The van der Waals surface area contributed by atoms with Crippen molar-refractivity contribution in [1.29, 1.82) is 0 Å². The van der Waals surface area contributed by atoms with Gasteiger partial charge in [-0.15, -0.1) is 5.10 Å². The van der Waals surface area contributed by atoms with E-state index in [2.05, 4.69) is 15.6 Å². The minimum absolute atomic E-state index is 0.315. The van der Waals surface area contributed by atoms with Crippen LogP contribution in [0.5, 0.6) is 0 Å². The summed E-state index contributed by atoms with van der Waals surface area (Å²) in [6.07, 6.45) is 3.04. The molecule has 0 aliphatic carbocycles. The van der Waals surface area contributed by atoms with Gasteiger partial charge in [-0.05, 0) is 18.6 Å². The second-order valence-electron chi connectivity index (χ2n) is 4.79. The van der Waals surface area contributed by atoms with Crippen molar-refractivity contribution in [2.24, 2.45) is 0 Å². The molecule has 0 amide bonds. The van der Waals surface area contributed by atoms with E-state index in [1.807, 2.05) is 6.92 Å². The van der Waals surface area contributed by atoms with Crippen molar-refractivity contribution in [2.45, 2.75) is 32.4 Å². The fraction of sp³-hybridized carbons (Fsp3) is 0.357. The molecule has 1 aromatic heterocycles. The number of carboxylic acid groups (broad SMARTS) is 1. The van der Waals surface area contributed by atoms with Gasteiger partial charge in [0.1, 0.15) is 6.04 Å². The molecular weight excluding hydrogens is 327 g/mol. The second kappa shape index (κ2) is 7.58. The van der Waals surface area contributed by atoms with Gasteiger partial charge >= 0.3 is 5.97 Å². The lowest BCUT2D eigenvalue weighted by atomic mass is 10.1. The molecule has 2 aromatic rings. The number of carbonyl (C=O) groups is 1. The monoisotopic (exact) mass is 342 g/mol. The van der Waals surface area contributed by atoms with Crippen LogP contribution in [0.3, 0.4) is 0 Å². The van der Waals surface area contributed by atoms with Crippen LogP contribution in [0.15, 0.2) is 24.4 Å². The molecule has 2 N–H and O–H groups in total. The molecule has 1 aromatic carbocycles. The maximum Gasteiger partial charge on any atom is 0.320 e. The van der Waals surface area contributed by atoms with E-state index in [4.69, 9.17) is 28.3 Å². The Kier molecular flexibility index (Phi) is 5.76. The first-order chi connectivity index (χ1) is 10.5. The Balaban J connectivity index is 2.08. The number of nitrogens with zero attached hydrogens (tertiary/aromatic N) is 3. The highest BCUT2D eigenvalue weighted by molar-refractivity contribution is 6.43. The lowest BCUT2D eigenvalue weighted by Gasteiger charge is -2.11. The molecule has 0 radical (unpaired) electrons. The fourth-order valence-electron chi connectivity index (χ4n) is 2.00. The van der Waals surface area contributed by atoms with Gasteiger partial charge in [0.25, 0.3) is 0 Å². The number of nitrogens with one attached hydrogen (secondary N) is 1. The van der Waals surface area contributed by atoms with Crippen LogP contribution < -0.4 is 5.32 Å². The third-order valence-corrected chi connectivity index (χ3v) is 3.93. The molecule has 0 aliphatic rings. The topological polar surface area (TPSA) is 80.0 Å². The smallest absolute Gasteiger partial charge is 0.320 e. The minimum Gasteiger partial charge on any atom is -0.480 e. The van der Waals surface area contributed by atoms with Crippen LogP contribution >= 0.6 is 23.2 Å². The zero-order valence-corrected chi connectivity index (χ0v) is 13.5. The van der Waals surface area contributed by atoms with Crippen LogP contribution in [0, 0.1) is 0 Å². The first-order valence-corrected chi connectivity index (χ1v) is 7.60. The Hall–Kier alpha value is -1.63. The number of carboxylic acids is 1. The van der Waals surface area contributed by atoms with Crippen molar-refractivity contribution in [3.63, 3.8) is 0 Å². The number of halogens is 2. The molecule has 0 fully saturated rings. The van der Waals surface area contributed by atoms with Crippen LogP contribution in [0.4, 0.5) is 0 Å². The van der Waals surface area contributed by atoms with E-state index in [0.29, 0.717) is 34.4 Å². The van der Waals surface area contributed by atoms with Crippen LogP contribution in [-0.4, -0.2) is 32.1 Å². The van der Waals surface area contributed by atoms with Gasteiger partial charge in [-0.25, -0.2) is 4.68 Å². The standard InChI is InChI=1S/C14H16Cl2N4O2/c1-2-4-11(14(21)22)17-7-9-8-20(19-18-9)12-6-3-5-10(15)13(12)16/h3,5-6,8,11,17H,2,4,7H2,1H3,(H,21,22). The third-order valence-electron chi connectivity index (χ3n) is 3.12. The highest BCUT2D eigenvalue weighted by Gasteiger charge is 2.16. The Morgan fingerprint density at radius 3 is 2.91 bits per heavy atom. The van der Waals surface area contributed by atoms with E-state index in [9.17, 15) is 4.79 Å². The summed E-state index contributed by atoms with van der Waals surface area (Å²) in [5, 5.41) is 20.9. The van der Waals surface area contributed by atoms with Crippen molar-refractivity contribution < 1.29 is 9.90 Å². The number of aromatic nitrogens is 3. The van der Waals surface area contributed by atoms with Crippen molar-refractivity contribution in [3.05, 3.63) is 40.1 Å². The average Bonchev–Trinajstić information content (AvgIpc) is 2.94. The Bertz CT molecular complexity index is 660. The molecule has 0 saturated carbocycles. The van der Waals surface area contributed by atoms with Gasteiger partial charge in [0.2, 0.25) is 0 Å². The average molecular weight is 343 g/mol. The molecule has 1 heterocycles.